The molecule has 4 unspecified atom stereocenters. The Morgan fingerprint density at radius 1 is 1.29 bits per heavy atom. The summed E-state index contributed by atoms with van der Waals surface area (Å²) in [7, 11) is 1.75. The third-order valence-electron chi connectivity index (χ3n) is 4.00. The lowest BCUT2D eigenvalue weighted by molar-refractivity contribution is -0.124. The molecule has 2 aliphatic rings. The van der Waals surface area contributed by atoms with E-state index >= 15 is 0 Å². The van der Waals surface area contributed by atoms with Gasteiger partial charge in [0.2, 0.25) is 5.91 Å². The molecule has 1 saturated heterocycles. The van der Waals surface area contributed by atoms with Crippen molar-refractivity contribution in [3.63, 3.8) is 0 Å². The Morgan fingerprint density at radius 2 is 2.12 bits per heavy atom. The molecule has 0 aromatic carbocycles. The molecule has 4 heteroatoms. The number of piperidine rings is 1. The van der Waals surface area contributed by atoms with Gasteiger partial charge in [-0.2, -0.15) is 0 Å². The Balaban J connectivity index is 1.77. The summed E-state index contributed by atoms with van der Waals surface area (Å²) in [5.74, 6) is 0.179. The van der Waals surface area contributed by atoms with Crippen LogP contribution in [0.4, 0.5) is 0 Å². The van der Waals surface area contributed by atoms with Crippen molar-refractivity contribution in [3.8, 4) is 0 Å². The molecule has 0 aromatic heterocycles. The molecule has 98 valence electrons. The molecule has 1 heterocycles. The topological polar surface area (TPSA) is 50.4 Å². The second kappa shape index (κ2) is 5.83. The highest BCUT2D eigenvalue weighted by atomic mass is 16.5. The molecular formula is C13H24N2O2. The van der Waals surface area contributed by atoms with Gasteiger partial charge in [0.25, 0.3) is 0 Å². The third-order valence-corrected chi connectivity index (χ3v) is 4.00. The van der Waals surface area contributed by atoms with Crippen LogP contribution in [0.3, 0.4) is 0 Å². The molecule has 1 aliphatic carbocycles. The normalized spacial score (nSPS) is 38.0. The lowest BCUT2D eigenvalue weighted by Gasteiger charge is -2.28. The minimum atomic E-state index is 0.0142. The first-order chi connectivity index (χ1) is 8.19. The average molecular weight is 240 g/mol. The zero-order chi connectivity index (χ0) is 12.3. The average Bonchev–Trinajstić information content (AvgIpc) is 2.77. The van der Waals surface area contributed by atoms with Crippen LogP contribution in [0, 0.1) is 0 Å². The van der Waals surface area contributed by atoms with Gasteiger partial charge in [-0.3, -0.25) is 4.79 Å². The van der Waals surface area contributed by atoms with E-state index in [9.17, 15) is 4.79 Å². The van der Waals surface area contributed by atoms with Crippen molar-refractivity contribution in [1.82, 2.24) is 10.6 Å². The number of methoxy groups -OCH3 is 1. The Hall–Kier alpha value is -0.610. The van der Waals surface area contributed by atoms with Crippen LogP contribution in [0.15, 0.2) is 0 Å². The molecule has 0 bridgehead atoms. The van der Waals surface area contributed by atoms with E-state index < -0.39 is 0 Å². The molecule has 1 aliphatic heterocycles. The maximum atomic E-state index is 12.1. The minimum Gasteiger partial charge on any atom is -0.381 e. The summed E-state index contributed by atoms with van der Waals surface area (Å²) in [4.78, 5) is 12.1. The largest absolute Gasteiger partial charge is 0.381 e. The van der Waals surface area contributed by atoms with Crippen LogP contribution in [-0.2, 0) is 9.53 Å². The number of hydrogen-bond donors (Lipinski definition) is 2. The molecule has 1 amide bonds. The van der Waals surface area contributed by atoms with Gasteiger partial charge >= 0.3 is 0 Å². The van der Waals surface area contributed by atoms with Crippen molar-refractivity contribution in [1.29, 1.82) is 0 Å². The highest BCUT2D eigenvalue weighted by Gasteiger charge is 2.29. The van der Waals surface area contributed by atoms with Crippen molar-refractivity contribution in [2.45, 2.75) is 69.7 Å². The van der Waals surface area contributed by atoms with Gasteiger partial charge in [0, 0.05) is 19.2 Å². The number of hydrogen-bond acceptors (Lipinski definition) is 3. The Bertz CT molecular complexity index is 270. The van der Waals surface area contributed by atoms with Crippen molar-refractivity contribution >= 4 is 5.91 Å². The Morgan fingerprint density at radius 3 is 2.76 bits per heavy atom. The predicted octanol–water partition coefficient (Wildman–Crippen LogP) is 1.20. The van der Waals surface area contributed by atoms with Crippen molar-refractivity contribution in [2.24, 2.45) is 0 Å². The van der Waals surface area contributed by atoms with Gasteiger partial charge in [-0.1, -0.05) is 0 Å². The maximum absolute atomic E-state index is 12.1. The molecule has 2 rings (SSSR count). The van der Waals surface area contributed by atoms with Crippen LogP contribution in [0.25, 0.3) is 0 Å². The summed E-state index contributed by atoms with van der Waals surface area (Å²) < 4.78 is 5.32. The Kier molecular flexibility index (Phi) is 4.40. The fourth-order valence-corrected chi connectivity index (χ4v) is 2.93. The molecule has 0 aromatic rings. The molecule has 2 N–H and O–H groups in total. The second-order valence-electron chi connectivity index (χ2n) is 5.43. The van der Waals surface area contributed by atoms with Crippen LogP contribution >= 0.6 is 0 Å². The summed E-state index contributed by atoms with van der Waals surface area (Å²) in [6.07, 6.45) is 6.71. The molecule has 4 nitrogen and oxygen atoms in total. The summed E-state index contributed by atoms with van der Waals surface area (Å²) in [6, 6.07) is 0.793. The predicted molar refractivity (Wildman–Crippen MR) is 66.8 cm³/mol. The van der Waals surface area contributed by atoms with Crippen LogP contribution in [0.2, 0.25) is 0 Å². The van der Waals surface area contributed by atoms with Gasteiger partial charge in [0.1, 0.15) is 0 Å². The van der Waals surface area contributed by atoms with Crippen LogP contribution < -0.4 is 10.6 Å². The standard InChI is InChI=1S/C13H24N2O2/c1-9-4-3-5-12(14-9)13(16)15-10-6-7-11(8-10)17-2/h9-12,14H,3-8H2,1-2H3,(H,15,16). The van der Waals surface area contributed by atoms with E-state index in [1.807, 2.05) is 0 Å². The van der Waals surface area contributed by atoms with Crippen molar-refractivity contribution < 1.29 is 9.53 Å². The van der Waals surface area contributed by atoms with Crippen LogP contribution in [0.1, 0.15) is 45.4 Å². The van der Waals surface area contributed by atoms with Gasteiger partial charge in [-0.25, -0.2) is 0 Å². The van der Waals surface area contributed by atoms with Gasteiger partial charge in [0.15, 0.2) is 0 Å². The number of nitrogens with one attached hydrogen (secondary N) is 2. The smallest absolute Gasteiger partial charge is 0.237 e. The van der Waals surface area contributed by atoms with Crippen molar-refractivity contribution in [3.05, 3.63) is 0 Å². The molecule has 0 spiro atoms. The number of carbonyl (C=O) groups is 1. The summed E-state index contributed by atoms with van der Waals surface area (Å²) in [5, 5.41) is 6.52. The fourth-order valence-electron chi connectivity index (χ4n) is 2.93. The highest BCUT2D eigenvalue weighted by molar-refractivity contribution is 5.82. The number of carbonyl (C=O) groups excluding carboxylic acids is 1. The molecule has 4 atom stereocenters. The first-order valence-corrected chi connectivity index (χ1v) is 6.78. The zero-order valence-electron chi connectivity index (χ0n) is 10.9. The van der Waals surface area contributed by atoms with E-state index in [0.717, 1.165) is 32.1 Å². The quantitative estimate of drug-likeness (QED) is 0.779. The molecule has 17 heavy (non-hydrogen) atoms. The first-order valence-electron chi connectivity index (χ1n) is 6.78. The summed E-state index contributed by atoms with van der Waals surface area (Å²) in [5.41, 5.74) is 0. The SMILES string of the molecule is COC1CCC(NC(=O)C2CCCC(C)N2)C1. The lowest BCUT2D eigenvalue weighted by Crippen LogP contribution is -2.51. The van der Waals surface area contributed by atoms with E-state index in [1.54, 1.807) is 7.11 Å². The second-order valence-corrected chi connectivity index (χ2v) is 5.43. The zero-order valence-corrected chi connectivity index (χ0v) is 10.9. The monoisotopic (exact) mass is 240 g/mol. The number of ether oxygens (including phenoxy) is 1. The lowest BCUT2D eigenvalue weighted by atomic mass is 9.99. The third kappa shape index (κ3) is 3.42. The van der Waals surface area contributed by atoms with Gasteiger partial charge in [0.05, 0.1) is 12.1 Å². The van der Waals surface area contributed by atoms with E-state index in [2.05, 4.69) is 17.6 Å². The van der Waals surface area contributed by atoms with Crippen LogP contribution in [0.5, 0.6) is 0 Å². The van der Waals surface area contributed by atoms with Crippen LogP contribution in [-0.4, -0.2) is 37.2 Å². The number of amides is 1. The highest BCUT2D eigenvalue weighted by Crippen LogP contribution is 2.22. The molecule has 0 radical (unpaired) electrons. The fraction of sp³-hybridized carbons (Fsp3) is 0.923. The van der Waals surface area contributed by atoms with Gasteiger partial charge < -0.3 is 15.4 Å². The minimum absolute atomic E-state index is 0.0142. The van der Waals surface area contributed by atoms with E-state index in [-0.39, 0.29) is 11.9 Å². The number of rotatable bonds is 3. The summed E-state index contributed by atoms with van der Waals surface area (Å²) >= 11 is 0. The van der Waals surface area contributed by atoms with E-state index in [4.69, 9.17) is 4.74 Å². The maximum Gasteiger partial charge on any atom is 0.237 e. The molecule has 1 saturated carbocycles. The van der Waals surface area contributed by atoms with Gasteiger partial charge in [-0.15, -0.1) is 0 Å². The van der Waals surface area contributed by atoms with Crippen molar-refractivity contribution in [2.75, 3.05) is 7.11 Å². The summed E-state index contributed by atoms with van der Waals surface area (Å²) in [6.45, 7) is 2.15. The molecular weight excluding hydrogens is 216 g/mol. The van der Waals surface area contributed by atoms with E-state index in [0.29, 0.717) is 18.2 Å². The molecule has 2 fully saturated rings. The first kappa shape index (κ1) is 12.8. The van der Waals surface area contributed by atoms with E-state index in [1.165, 1.54) is 6.42 Å². The van der Waals surface area contributed by atoms with Gasteiger partial charge in [-0.05, 0) is 45.4 Å². The Labute approximate surface area is 103 Å².